The lowest BCUT2D eigenvalue weighted by atomic mass is 9.46. The van der Waals surface area contributed by atoms with E-state index in [2.05, 4.69) is 10.3 Å². The Morgan fingerprint density at radius 1 is 1.45 bits per heavy atom. The van der Waals surface area contributed by atoms with Crippen LogP contribution in [0.15, 0.2) is 29.4 Å². The zero-order valence-corrected chi connectivity index (χ0v) is 11.5. The summed E-state index contributed by atoms with van der Waals surface area (Å²) in [6.07, 6.45) is 7.07. The number of nitrogens with two attached hydrogens (primary N) is 1. The number of nitrogens with one attached hydrogen (secondary N) is 1. The van der Waals surface area contributed by atoms with Gasteiger partial charge in [-0.25, -0.2) is 9.98 Å². The average molecular weight is 272 g/mol. The number of aliphatic imine (C=N–C) groups is 1. The summed E-state index contributed by atoms with van der Waals surface area (Å²) < 4.78 is 5.90. The number of guanidine groups is 1. The number of ether oxygens (including phenoxy) is 1. The number of pyridine rings is 1. The molecule has 5 nitrogen and oxygen atoms in total. The number of nitrogens with zero attached hydrogens (tertiary/aromatic N) is 2. The summed E-state index contributed by atoms with van der Waals surface area (Å²) in [5.74, 6) is 1.79. The second kappa shape index (κ2) is 4.45. The Balaban J connectivity index is 1.51. The van der Waals surface area contributed by atoms with Crippen molar-refractivity contribution >= 4 is 11.8 Å². The van der Waals surface area contributed by atoms with Crippen molar-refractivity contribution < 1.29 is 4.74 Å². The monoisotopic (exact) mass is 272 g/mol. The Morgan fingerprint density at radius 3 is 3.05 bits per heavy atom. The molecule has 1 spiro atoms. The minimum Gasteiger partial charge on any atom is -0.377 e. The molecule has 1 aliphatic heterocycles. The van der Waals surface area contributed by atoms with Gasteiger partial charge in [-0.15, -0.1) is 0 Å². The second-order valence-electron chi connectivity index (χ2n) is 6.13. The molecule has 3 N–H and O–H groups in total. The van der Waals surface area contributed by atoms with Crippen LogP contribution in [0.3, 0.4) is 0 Å². The molecule has 106 valence electrons. The molecule has 1 aromatic heterocycles. The summed E-state index contributed by atoms with van der Waals surface area (Å²) in [5, 5.41) is 3.08. The molecule has 4 rings (SSSR count). The van der Waals surface area contributed by atoms with Gasteiger partial charge < -0.3 is 15.8 Å². The minimum absolute atomic E-state index is 0.289. The molecule has 1 saturated heterocycles. The van der Waals surface area contributed by atoms with Crippen LogP contribution in [0, 0.1) is 11.3 Å². The maximum absolute atomic E-state index is 6.06. The highest BCUT2D eigenvalue weighted by molar-refractivity contribution is 5.91. The quantitative estimate of drug-likeness (QED) is 0.635. The molecule has 20 heavy (non-hydrogen) atoms. The number of rotatable bonds is 2. The molecule has 2 saturated carbocycles. The molecule has 3 atom stereocenters. The Labute approximate surface area is 118 Å². The van der Waals surface area contributed by atoms with E-state index in [-0.39, 0.29) is 5.41 Å². The lowest BCUT2D eigenvalue weighted by molar-refractivity contribution is -0.164. The molecule has 3 unspecified atom stereocenters. The van der Waals surface area contributed by atoms with Crippen LogP contribution in [0.2, 0.25) is 0 Å². The summed E-state index contributed by atoms with van der Waals surface area (Å²) >= 11 is 0. The van der Waals surface area contributed by atoms with Gasteiger partial charge in [-0.2, -0.15) is 0 Å². The molecule has 0 aromatic carbocycles. The van der Waals surface area contributed by atoms with Crippen LogP contribution in [-0.2, 0) is 4.74 Å². The normalized spacial score (nSPS) is 34.2. The molecule has 0 bridgehead atoms. The van der Waals surface area contributed by atoms with Gasteiger partial charge in [0.15, 0.2) is 5.96 Å². The van der Waals surface area contributed by atoms with Gasteiger partial charge >= 0.3 is 0 Å². The maximum Gasteiger partial charge on any atom is 0.194 e. The van der Waals surface area contributed by atoms with E-state index in [0.717, 1.165) is 18.8 Å². The van der Waals surface area contributed by atoms with E-state index in [1.807, 2.05) is 18.2 Å². The summed E-state index contributed by atoms with van der Waals surface area (Å²) in [6, 6.07) is 6.04. The highest BCUT2D eigenvalue weighted by Gasteiger charge is 2.66. The number of anilines is 1. The van der Waals surface area contributed by atoms with Gasteiger partial charge in [0, 0.05) is 24.1 Å². The van der Waals surface area contributed by atoms with Crippen molar-refractivity contribution in [3.05, 3.63) is 24.4 Å². The first-order valence-corrected chi connectivity index (χ1v) is 7.42. The molecule has 3 fully saturated rings. The first-order valence-electron chi connectivity index (χ1n) is 7.42. The summed E-state index contributed by atoms with van der Waals surface area (Å²) in [5.41, 5.74) is 6.35. The standard InChI is InChI=1S/C15H20N4O/c16-14(18-11-4-1-2-8-17-11)19-12-10-5-9-20-13(10)15(12)6-3-7-15/h1-2,4,8,10,12-13H,3,5-7,9H2,(H3,16,17,18,19). The van der Waals surface area contributed by atoms with Crippen LogP contribution in [0.4, 0.5) is 5.82 Å². The fourth-order valence-corrected chi connectivity index (χ4v) is 4.14. The predicted molar refractivity (Wildman–Crippen MR) is 77.4 cm³/mol. The summed E-state index contributed by atoms with van der Waals surface area (Å²) in [4.78, 5) is 8.97. The van der Waals surface area contributed by atoms with Crippen LogP contribution < -0.4 is 11.1 Å². The molecule has 2 aliphatic carbocycles. The van der Waals surface area contributed by atoms with E-state index in [1.165, 1.54) is 19.3 Å². The first kappa shape index (κ1) is 12.1. The molecule has 0 radical (unpaired) electrons. The molecule has 1 aromatic rings. The van der Waals surface area contributed by atoms with E-state index in [4.69, 9.17) is 15.5 Å². The largest absolute Gasteiger partial charge is 0.377 e. The van der Waals surface area contributed by atoms with Gasteiger partial charge in [0.1, 0.15) is 5.82 Å². The lowest BCUT2D eigenvalue weighted by Crippen LogP contribution is -2.65. The number of hydrogen-bond donors (Lipinski definition) is 2. The van der Waals surface area contributed by atoms with Crippen molar-refractivity contribution in [1.82, 2.24) is 4.98 Å². The van der Waals surface area contributed by atoms with Gasteiger partial charge in [-0.05, 0) is 31.4 Å². The lowest BCUT2D eigenvalue weighted by Gasteiger charge is -2.61. The van der Waals surface area contributed by atoms with Gasteiger partial charge in [0.25, 0.3) is 0 Å². The average Bonchev–Trinajstić information content (AvgIpc) is 2.81. The number of hydrogen-bond acceptors (Lipinski definition) is 3. The van der Waals surface area contributed by atoms with E-state index in [0.29, 0.717) is 24.0 Å². The van der Waals surface area contributed by atoms with E-state index in [9.17, 15) is 0 Å². The molecular formula is C15H20N4O. The third kappa shape index (κ3) is 1.66. The fraction of sp³-hybridized carbons (Fsp3) is 0.600. The third-order valence-electron chi connectivity index (χ3n) is 5.18. The van der Waals surface area contributed by atoms with Crippen LogP contribution in [0.25, 0.3) is 0 Å². The van der Waals surface area contributed by atoms with E-state index < -0.39 is 0 Å². The van der Waals surface area contributed by atoms with Crippen LogP contribution >= 0.6 is 0 Å². The van der Waals surface area contributed by atoms with Crippen LogP contribution in [-0.4, -0.2) is 29.7 Å². The van der Waals surface area contributed by atoms with Crippen molar-refractivity contribution in [2.75, 3.05) is 11.9 Å². The summed E-state index contributed by atoms with van der Waals surface area (Å²) in [6.45, 7) is 0.886. The van der Waals surface area contributed by atoms with Gasteiger partial charge in [0.05, 0.1) is 12.1 Å². The number of aromatic nitrogens is 1. The van der Waals surface area contributed by atoms with Crippen molar-refractivity contribution in [3.63, 3.8) is 0 Å². The Kier molecular flexibility index (Phi) is 2.70. The predicted octanol–water partition coefficient (Wildman–Crippen LogP) is 1.77. The van der Waals surface area contributed by atoms with Crippen molar-refractivity contribution in [2.24, 2.45) is 22.1 Å². The van der Waals surface area contributed by atoms with Gasteiger partial charge in [-0.1, -0.05) is 12.5 Å². The Morgan fingerprint density at radius 2 is 2.35 bits per heavy atom. The highest BCUT2D eigenvalue weighted by Crippen LogP contribution is 2.64. The van der Waals surface area contributed by atoms with E-state index in [1.54, 1.807) is 6.20 Å². The smallest absolute Gasteiger partial charge is 0.194 e. The van der Waals surface area contributed by atoms with E-state index >= 15 is 0 Å². The number of fused-ring (bicyclic) bond motifs is 2. The zero-order chi connectivity index (χ0) is 13.6. The fourth-order valence-electron chi connectivity index (χ4n) is 4.14. The van der Waals surface area contributed by atoms with Crippen molar-refractivity contribution in [2.45, 2.75) is 37.8 Å². The second-order valence-corrected chi connectivity index (χ2v) is 6.13. The van der Waals surface area contributed by atoms with Crippen molar-refractivity contribution in [3.8, 4) is 0 Å². The van der Waals surface area contributed by atoms with Crippen LogP contribution in [0.5, 0.6) is 0 Å². The van der Waals surface area contributed by atoms with Gasteiger partial charge in [-0.3, -0.25) is 0 Å². The topological polar surface area (TPSA) is 72.5 Å². The summed E-state index contributed by atoms with van der Waals surface area (Å²) in [7, 11) is 0. The Hall–Kier alpha value is -1.62. The highest BCUT2D eigenvalue weighted by atomic mass is 16.5. The van der Waals surface area contributed by atoms with Gasteiger partial charge in [0.2, 0.25) is 0 Å². The molecule has 3 aliphatic rings. The molecule has 2 heterocycles. The Bertz CT molecular complexity index is 526. The first-order chi connectivity index (χ1) is 9.79. The van der Waals surface area contributed by atoms with Crippen molar-refractivity contribution in [1.29, 1.82) is 0 Å². The SMILES string of the molecule is NC(=NC1C2CCOC2C12CCC2)Nc1ccccn1. The maximum atomic E-state index is 6.06. The minimum atomic E-state index is 0.289. The zero-order valence-electron chi connectivity index (χ0n) is 11.5. The van der Waals surface area contributed by atoms with Crippen LogP contribution in [0.1, 0.15) is 25.7 Å². The molecular weight excluding hydrogens is 252 g/mol. The molecule has 5 heteroatoms. The molecule has 0 amide bonds. The third-order valence-corrected chi connectivity index (χ3v) is 5.18.